The first-order valence-corrected chi connectivity index (χ1v) is 6.50. The lowest BCUT2D eigenvalue weighted by atomic mass is 10.1. The third-order valence-corrected chi connectivity index (χ3v) is 2.88. The highest BCUT2D eigenvalue weighted by molar-refractivity contribution is 6.04. The number of nitrogens with one attached hydrogen (secondary N) is 1. The molecule has 4 nitrogen and oxygen atoms in total. The summed E-state index contributed by atoms with van der Waals surface area (Å²) < 4.78 is 5.41. The van der Waals surface area contributed by atoms with Crippen molar-refractivity contribution in [2.24, 2.45) is 5.73 Å². The van der Waals surface area contributed by atoms with E-state index in [9.17, 15) is 4.79 Å². The van der Waals surface area contributed by atoms with Crippen molar-refractivity contribution in [3.63, 3.8) is 0 Å². The number of carbonyl (C=O) groups excluding carboxylic acids is 1. The fourth-order valence-electron chi connectivity index (χ4n) is 1.81. The Balaban J connectivity index is 2.11. The fraction of sp³-hybridized carbons (Fsp3) is 0.188. The molecule has 0 bridgehead atoms. The van der Waals surface area contributed by atoms with Gasteiger partial charge in [-0.05, 0) is 36.8 Å². The maximum Gasteiger partial charge on any atom is 0.255 e. The number of anilines is 1. The number of ether oxygens (including phenoxy) is 1. The Bertz CT molecular complexity index is 597. The van der Waals surface area contributed by atoms with Gasteiger partial charge in [0, 0.05) is 17.8 Å². The highest BCUT2D eigenvalue weighted by atomic mass is 16.5. The molecule has 1 amide bonds. The Hall–Kier alpha value is -2.33. The molecule has 0 fully saturated rings. The van der Waals surface area contributed by atoms with Crippen molar-refractivity contribution >= 4 is 11.6 Å². The molecule has 0 heterocycles. The Morgan fingerprint density at radius 1 is 1.20 bits per heavy atom. The van der Waals surface area contributed by atoms with E-state index in [1.54, 1.807) is 24.3 Å². The van der Waals surface area contributed by atoms with Crippen LogP contribution in [0.4, 0.5) is 5.69 Å². The lowest BCUT2D eigenvalue weighted by molar-refractivity contribution is 0.102. The van der Waals surface area contributed by atoms with Crippen LogP contribution < -0.4 is 15.8 Å². The van der Waals surface area contributed by atoms with Crippen molar-refractivity contribution in [2.75, 3.05) is 18.5 Å². The van der Waals surface area contributed by atoms with Gasteiger partial charge in [-0.2, -0.15) is 0 Å². The summed E-state index contributed by atoms with van der Waals surface area (Å²) in [6.45, 7) is 2.83. The van der Waals surface area contributed by atoms with Crippen molar-refractivity contribution < 1.29 is 9.53 Å². The quantitative estimate of drug-likeness (QED) is 0.877. The monoisotopic (exact) mass is 270 g/mol. The summed E-state index contributed by atoms with van der Waals surface area (Å²) in [6.07, 6.45) is 0. The summed E-state index contributed by atoms with van der Waals surface area (Å²) in [4.78, 5) is 12.2. The van der Waals surface area contributed by atoms with E-state index in [2.05, 4.69) is 5.32 Å². The Kier molecular flexibility index (Phi) is 4.74. The maximum atomic E-state index is 12.2. The Labute approximate surface area is 118 Å². The van der Waals surface area contributed by atoms with E-state index < -0.39 is 0 Å². The zero-order valence-corrected chi connectivity index (χ0v) is 11.4. The van der Waals surface area contributed by atoms with Gasteiger partial charge in [0.15, 0.2) is 0 Å². The Morgan fingerprint density at radius 2 is 2.00 bits per heavy atom. The molecule has 20 heavy (non-hydrogen) atoms. The smallest absolute Gasteiger partial charge is 0.255 e. The number of rotatable bonds is 5. The number of para-hydroxylation sites is 1. The third-order valence-electron chi connectivity index (χ3n) is 2.88. The molecule has 0 radical (unpaired) electrons. The number of carbonyl (C=O) groups is 1. The van der Waals surface area contributed by atoms with Crippen LogP contribution in [0.2, 0.25) is 0 Å². The lowest BCUT2D eigenvalue weighted by Crippen LogP contribution is -2.14. The van der Waals surface area contributed by atoms with Crippen LogP contribution in [-0.2, 0) is 0 Å². The molecule has 0 saturated heterocycles. The van der Waals surface area contributed by atoms with Crippen LogP contribution in [0.5, 0.6) is 5.75 Å². The summed E-state index contributed by atoms with van der Waals surface area (Å²) >= 11 is 0. The van der Waals surface area contributed by atoms with Crippen LogP contribution >= 0.6 is 0 Å². The average molecular weight is 270 g/mol. The minimum atomic E-state index is -0.155. The van der Waals surface area contributed by atoms with Gasteiger partial charge >= 0.3 is 0 Å². The number of benzene rings is 2. The lowest BCUT2D eigenvalue weighted by Gasteiger charge is -2.09. The largest absolute Gasteiger partial charge is 0.492 e. The van der Waals surface area contributed by atoms with Gasteiger partial charge in [-0.1, -0.05) is 24.3 Å². The molecule has 0 unspecified atom stereocenters. The third kappa shape index (κ3) is 3.59. The highest BCUT2D eigenvalue weighted by Crippen LogP contribution is 2.17. The van der Waals surface area contributed by atoms with Gasteiger partial charge in [0.1, 0.15) is 12.4 Å². The molecule has 0 aromatic heterocycles. The number of nitrogens with two attached hydrogens (primary N) is 1. The molecule has 3 N–H and O–H groups in total. The van der Waals surface area contributed by atoms with E-state index in [4.69, 9.17) is 10.5 Å². The average Bonchev–Trinajstić information content (AvgIpc) is 2.48. The number of hydrogen-bond donors (Lipinski definition) is 2. The first-order valence-electron chi connectivity index (χ1n) is 6.50. The molecule has 0 saturated carbocycles. The molecule has 104 valence electrons. The number of amides is 1. The van der Waals surface area contributed by atoms with Crippen LogP contribution in [-0.4, -0.2) is 19.1 Å². The van der Waals surface area contributed by atoms with Crippen molar-refractivity contribution in [1.82, 2.24) is 0 Å². The highest BCUT2D eigenvalue weighted by Gasteiger charge is 2.08. The minimum Gasteiger partial charge on any atom is -0.492 e. The van der Waals surface area contributed by atoms with Crippen molar-refractivity contribution in [1.29, 1.82) is 0 Å². The molecule has 0 aliphatic carbocycles. The predicted molar refractivity (Wildman–Crippen MR) is 80.1 cm³/mol. The molecule has 0 spiro atoms. The van der Waals surface area contributed by atoms with Crippen molar-refractivity contribution in [3.8, 4) is 5.75 Å². The first kappa shape index (κ1) is 14.1. The fourth-order valence-corrected chi connectivity index (χ4v) is 1.81. The number of hydrogen-bond acceptors (Lipinski definition) is 3. The van der Waals surface area contributed by atoms with E-state index >= 15 is 0 Å². The van der Waals surface area contributed by atoms with Crippen LogP contribution in [0.25, 0.3) is 0 Å². The normalized spacial score (nSPS) is 10.1. The molecule has 0 aliphatic heterocycles. The van der Waals surface area contributed by atoms with Gasteiger partial charge in [0.25, 0.3) is 5.91 Å². The molecular formula is C16H18N2O2. The zero-order valence-electron chi connectivity index (χ0n) is 11.4. The van der Waals surface area contributed by atoms with Gasteiger partial charge in [-0.3, -0.25) is 4.79 Å². The minimum absolute atomic E-state index is 0.155. The predicted octanol–water partition coefficient (Wildman–Crippen LogP) is 2.58. The van der Waals surface area contributed by atoms with Gasteiger partial charge in [0.05, 0.1) is 0 Å². The second-order valence-corrected chi connectivity index (χ2v) is 4.43. The SMILES string of the molecule is Cc1ccccc1NC(=O)c1cccc(OCCN)c1. The second kappa shape index (κ2) is 6.73. The van der Waals surface area contributed by atoms with Crippen molar-refractivity contribution in [2.45, 2.75) is 6.92 Å². The van der Waals surface area contributed by atoms with E-state index in [0.29, 0.717) is 24.5 Å². The summed E-state index contributed by atoms with van der Waals surface area (Å²) in [7, 11) is 0. The number of aryl methyl sites for hydroxylation is 1. The van der Waals surface area contributed by atoms with Crippen molar-refractivity contribution in [3.05, 3.63) is 59.7 Å². The van der Waals surface area contributed by atoms with Gasteiger partial charge < -0.3 is 15.8 Å². The molecule has 2 aromatic rings. The molecule has 2 rings (SSSR count). The van der Waals surface area contributed by atoms with E-state index in [1.165, 1.54) is 0 Å². The summed E-state index contributed by atoms with van der Waals surface area (Å²) in [5, 5.41) is 2.89. The molecular weight excluding hydrogens is 252 g/mol. The molecule has 0 atom stereocenters. The maximum absolute atomic E-state index is 12.2. The first-order chi connectivity index (χ1) is 9.70. The summed E-state index contributed by atoms with van der Waals surface area (Å²) in [5.74, 6) is 0.491. The summed E-state index contributed by atoms with van der Waals surface area (Å²) in [5.41, 5.74) is 7.78. The van der Waals surface area contributed by atoms with Gasteiger partial charge in [0.2, 0.25) is 0 Å². The van der Waals surface area contributed by atoms with Gasteiger partial charge in [-0.15, -0.1) is 0 Å². The van der Waals surface area contributed by atoms with Gasteiger partial charge in [-0.25, -0.2) is 0 Å². The van der Waals surface area contributed by atoms with Crippen LogP contribution in [0.1, 0.15) is 15.9 Å². The van der Waals surface area contributed by atoms with Crippen LogP contribution in [0.3, 0.4) is 0 Å². The standard InChI is InChI=1S/C16H18N2O2/c1-12-5-2-3-8-15(12)18-16(19)13-6-4-7-14(11-13)20-10-9-17/h2-8,11H,9-10,17H2,1H3,(H,18,19). The van der Waals surface area contributed by atoms with Crippen LogP contribution in [0.15, 0.2) is 48.5 Å². The second-order valence-electron chi connectivity index (χ2n) is 4.43. The van der Waals surface area contributed by atoms with E-state index in [-0.39, 0.29) is 5.91 Å². The zero-order chi connectivity index (χ0) is 14.4. The topological polar surface area (TPSA) is 64.3 Å². The summed E-state index contributed by atoms with van der Waals surface area (Å²) in [6, 6.07) is 14.7. The molecule has 0 aliphatic rings. The molecule has 2 aromatic carbocycles. The van der Waals surface area contributed by atoms with E-state index in [0.717, 1.165) is 11.3 Å². The van der Waals surface area contributed by atoms with E-state index in [1.807, 2.05) is 31.2 Å². The molecule has 4 heteroatoms. The van der Waals surface area contributed by atoms with Crippen LogP contribution in [0, 0.1) is 6.92 Å². The Morgan fingerprint density at radius 3 is 2.75 bits per heavy atom.